The number of ether oxygens (including phenoxy) is 2. The maximum Gasteiger partial charge on any atom is 0.161 e. The molecule has 3 nitrogen and oxygen atoms in total. The summed E-state index contributed by atoms with van der Waals surface area (Å²) in [5.74, 6) is 2.52. The fourth-order valence-electron chi connectivity index (χ4n) is 3.07. The van der Waals surface area contributed by atoms with Gasteiger partial charge in [-0.15, -0.1) is 0 Å². The van der Waals surface area contributed by atoms with Gasteiger partial charge in [0.2, 0.25) is 0 Å². The third-order valence-electron chi connectivity index (χ3n) is 4.29. The highest BCUT2D eigenvalue weighted by Crippen LogP contribution is 2.31. The normalized spacial score (nSPS) is 30.1. The summed E-state index contributed by atoms with van der Waals surface area (Å²) < 4.78 is 11.7. The average molecular weight is 261 g/mol. The molecule has 104 valence electrons. The van der Waals surface area contributed by atoms with Gasteiger partial charge in [0.25, 0.3) is 0 Å². The SMILES string of the molecule is CC1CCCCC1NCC1COc2ccccc2O1. The summed E-state index contributed by atoms with van der Waals surface area (Å²) in [6.07, 6.45) is 5.51. The minimum absolute atomic E-state index is 0.129. The number of nitrogens with one attached hydrogen (secondary N) is 1. The van der Waals surface area contributed by atoms with Gasteiger partial charge in [0.15, 0.2) is 11.5 Å². The quantitative estimate of drug-likeness (QED) is 0.907. The van der Waals surface area contributed by atoms with Gasteiger partial charge in [-0.05, 0) is 30.9 Å². The van der Waals surface area contributed by atoms with E-state index in [2.05, 4.69) is 12.2 Å². The summed E-state index contributed by atoms with van der Waals surface area (Å²) in [4.78, 5) is 0. The molecule has 0 radical (unpaired) electrons. The molecular weight excluding hydrogens is 238 g/mol. The summed E-state index contributed by atoms with van der Waals surface area (Å²) >= 11 is 0. The minimum Gasteiger partial charge on any atom is -0.486 e. The van der Waals surface area contributed by atoms with Crippen molar-refractivity contribution in [2.75, 3.05) is 13.2 Å². The molecule has 1 N–H and O–H groups in total. The zero-order chi connectivity index (χ0) is 13.1. The van der Waals surface area contributed by atoms with Crippen LogP contribution in [-0.4, -0.2) is 25.3 Å². The van der Waals surface area contributed by atoms with Gasteiger partial charge in [0.1, 0.15) is 12.7 Å². The molecule has 1 saturated carbocycles. The van der Waals surface area contributed by atoms with E-state index in [4.69, 9.17) is 9.47 Å². The largest absolute Gasteiger partial charge is 0.486 e. The lowest BCUT2D eigenvalue weighted by Gasteiger charge is -2.32. The van der Waals surface area contributed by atoms with Crippen LogP contribution in [0.15, 0.2) is 24.3 Å². The van der Waals surface area contributed by atoms with E-state index in [0.717, 1.165) is 24.0 Å². The topological polar surface area (TPSA) is 30.5 Å². The number of fused-ring (bicyclic) bond motifs is 1. The molecule has 1 aromatic carbocycles. The molecule has 0 amide bonds. The number of benzene rings is 1. The van der Waals surface area contributed by atoms with Gasteiger partial charge in [-0.25, -0.2) is 0 Å². The Labute approximate surface area is 115 Å². The third-order valence-corrected chi connectivity index (χ3v) is 4.29. The van der Waals surface area contributed by atoms with Crippen LogP contribution >= 0.6 is 0 Å². The summed E-state index contributed by atoms with van der Waals surface area (Å²) in [5, 5.41) is 3.67. The first kappa shape index (κ1) is 12.8. The van der Waals surface area contributed by atoms with Gasteiger partial charge >= 0.3 is 0 Å². The predicted octanol–water partition coefficient (Wildman–Crippen LogP) is 2.99. The van der Waals surface area contributed by atoms with Crippen LogP contribution < -0.4 is 14.8 Å². The van der Waals surface area contributed by atoms with Crippen molar-refractivity contribution in [3.8, 4) is 11.5 Å². The second-order valence-electron chi connectivity index (χ2n) is 5.77. The van der Waals surface area contributed by atoms with Gasteiger partial charge in [-0.1, -0.05) is 31.9 Å². The molecule has 1 aromatic rings. The Morgan fingerprint density at radius 1 is 1.16 bits per heavy atom. The molecule has 1 aliphatic carbocycles. The number of hydrogen-bond donors (Lipinski definition) is 1. The minimum atomic E-state index is 0.129. The fourth-order valence-corrected chi connectivity index (χ4v) is 3.07. The molecule has 0 aromatic heterocycles. The van der Waals surface area contributed by atoms with Crippen molar-refractivity contribution in [2.45, 2.75) is 44.8 Å². The lowest BCUT2D eigenvalue weighted by atomic mass is 9.86. The van der Waals surface area contributed by atoms with Crippen molar-refractivity contribution >= 4 is 0 Å². The third kappa shape index (κ3) is 3.03. The molecule has 1 aliphatic heterocycles. The van der Waals surface area contributed by atoms with Crippen LogP contribution in [0.2, 0.25) is 0 Å². The van der Waals surface area contributed by atoms with Crippen LogP contribution in [0.5, 0.6) is 11.5 Å². The monoisotopic (exact) mass is 261 g/mol. The van der Waals surface area contributed by atoms with E-state index in [1.807, 2.05) is 24.3 Å². The van der Waals surface area contributed by atoms with E-state index in [0.29, 0.717) is 12.6 Å². The van der Waals surface area contributed by atoms with Crippen molar-refractivity contribution < 1.29 is 9.47 Å². The van der Waals surface area contributed by atoms with E-state index in [-0.39, 0.29) is 6.10 Å². The predicted molar refractivity (Wildman–Crippen MR) is 75.8 cm³/mol. The maximum absolute atomic E-state index is 5.97. The number of para-hydroxylation sites is 2. The van der Waals surface area contributed by atoms with Crippen molar-refractivity contribution in [3.05, 3.63) is 24.3 Å². The summed E-state index contributed by atoms with van der Waals surface area (Å²) in [7, 11) is 0. The Morgan fingerprint density at radius 2 is 1.95 bits per heavy atom. The van der Waals surface area contributed by atoms with E-state index in [9.17, 15) is 0 Å². The Balaban J connectivity index is 1.52. The van der Waals surface area contributed by atoms with Crippen LogP contribution in [0, 0.1) is 5.92 Å². The van der Waals surface area contributed by atoms with Gasteiger partial charge in [0, 0.05) is 12.6 Å². The van der Waals surface area contributed by atoms with E-state index < -0.39 is 0 Å². The molecule has 2 aliphatic rings. The molecular formula is C16H23NO2. The van der Waals surface area contributed by atoms with E-state index in [1.165, 1.54) is 25.7 Å². The highest BCUT2D eigenvalue weighted by Gasteiger charge is 2.24. The summed E-state index contributed by atoms with van der Waals surface area (Å²) in [5.41, 5.74) is 0. The van der Waals surface area contributed by atoms with Gasteiger partial charge in [-0.2, -0.15) is 0 Å². The van der Waals surface area contributed by atoms with Crippen LogP contribution in [-0.2, 0) is 0 Å². The fraction of sp³-hybridized carbons (Fsp3) is 0.625. The van der Waals surface area contributed by atoms with Crippen LogP contribution in [0.3, 0.4) is 0 Å². The lowest BCUT2D eigenvalue weighted by molar-refractivity contribution is 0.0844. The molecule has 0 bridgehead atoms. The van der Waals surface area contributed by atoms with E-state index in [1.54, 1.807) is 0 Å². The average Bonchev–Trinajstić information content (AvgIpc) is 2.46. The van der Waals surface area contributed by atoms with Crippen molar-refractivity contribution in [2.24, 2.45) is 5.92 Å². The Kier molecular flexibility index (Phi) is 3.92. The molecule has 3 rings (SSSR count). The smallest absolute Gasteiger partial charge is 0.161 e. The molecule has 1 heterocycles. The molecule has 3 unspecified atom stereocenters. The highest BCUT2D eigenvalue weighted by atomic mass is 16.6. The molecule has 0 spiro atoms. The Hall–Kier alpha value is -1.22. The second kappa shape index (κ2) is 5.83. The van der Waals surface area contributed by atoms with Gasteiger partial charge in [-0.3, -0.25) is 0 Å². The van der Waals surface area contributed by atoms with E-state index >= 15 is 0 Å². The zero-order valence-corrected chi connectivity index (χ0v) is 11.6. The first-order valence-electron chi connectivity index (χ1n) is 7.45. The molecule has 3 heteroatoms. The molecule has 0 saturated heterocycles. The first-order chi connectivity index (χ1) is 9.33. The summed E-state index contributed by atoms with van der Waals surface area (Å²) in [6.45, 7) is 3.87. The summed E-state index contributed by atoms with van der Waals surface area (Å²) in [6, 6.07) is 8.55. The van der Waals surface area contributed by atoms with Gasteiger partial charge in [0.05, 0.1) is 0 Å². The van der Waals surface area contributed by atoms with Crippen LogP contribution in [0.25, 0.3) is 0 Å². The molecule has 1 fully saturated rings. The first-order valence-corrected chi connectivity index (χ1v) is 7.45. The highest BCUT2D eigenvalue weighted by molar-refractivity contribution is 5.40. The zero-order valence-electron chi connectivity index (χ0n) is 11.6. The second-order valence-corrected chi connectivity index (χ2v) is 5.77. The maximum atomic E-state index is 5.97. The van der Waals surface area contributed by atoms with Crippen molar-refractivity contribution in [1.29, 1.82) is 0 Å². The van der Waals surface area contributed by atoms with Gasteiger partial charge < -0.3 is 14.8 Å². The Bertz CT molecular complexity index is 421. The van der Waals surface area contributed by atoms with Crippen molar-refractivity contribution in [3.63, 3.8) is 0 Å². The number of hydrogen-bond acceptors (Lipinski definition) is 3. The lowest BCUT2D eigenvalue weighted by Crippen LogP contribution is -2.45. The van der Waals surface area contributed by atoms with Crippen LogP contribution in [0.4, 0.5) is 0 Å². The number of rotatable bonds is 3. The standard InChI is InChI=1S/C16H23NO2/c1-12-6-2-3-7-14(12)17-10-13-11-18-15-8-4-5-9-16(15)19-13/h4-5,8-9,12-14,17H,2-3,6-7,10-11H2,1H3. The Morgan fingerprint density at radius 3 is 2.79 bits per heavy atom. The van der Waals surface area contributed by atoms with Crippen LogP contribution in [0.1, 0.15) is 32.6 Å². The molecule has 19 heavy (non-hydrogen) atoms. The van der Waals surface area contributed by atoms with Crippen molar-refractivity contribution in [1.82, 2.24) is 5.32 Å². The molecule has 3 atom stereocenters.